The fourth-order valence-corrected chi connectivity index (χ4v) is 3.06. The highest BCUT2D eigenvalue weighted by molar-refractivity contribution is 6.30. The van der Waals surface area contributed by atoms with E-state index in [-0.39, 0.29) is 11.2 Å². The first-order valence-electron chi connectivity index (χ1n) is 6.81. The van der Waals surface area contributed by atoms with Crippen molar-refractivity contribution in [2.45, 2.75) is 31.6 Å². The number of carbonyl (C=O) groups excluding carboxylic acids is 1. The Bertz CT molecular complexity index is 657. The zero-order valence-corrected chi connectivity index (χ0v) is 12.4. The highest BCUT2D eigenvalue weighted by atomic mass is 35.5. The molecule has 1 aliphatic rings. The molecule has 1 aliphatic carbocycles. The van der Waals surface area contributed by atoms with Gasteiger partial charge in [-0.1, -0.05) is 41.9 Å². The van der Waals surface area contributed by atoms with Crippen LogP contribution in [0.4, 0.5) is 0 Å². The molecule has 0 bridgehead atoms. The van der Waals surface area contributed by atoms with Gasteiger partial charge in [-0.15, -0.1) is 0 Å². The quantitative estimate of drug-likeness (QED) is 0.866. The molecule has 1 aromatic carbocycles. The van der Waals surface area contributed by atoms with E-state index in [0.717, 1.165) is 29.7 Å². The molecule has 0 unspecified atom stereocenters. The number of hydrogen-bond donors (Lipinski definition) is 0. The maximum absolute atomic E-state index is 12.7. The fourth-order valence-electron chi connectivity index (χ4n) is 2.82. The zero-order chi connectivity index (χ0) is 14.3. The number of Topliss-reactive ketones (excluding diaryl/α,β-unsaturated/α-hetero) is 1. The van der Waals surface area contributed by atoms with Crippen LogP contribution >= 0.6 is 11.6 Å². The van der Waals surface area contributed by atoms with Crippen molar-refractivity contribution in [3.63, 3.8) is 0 Å². The summed E-state index contributed by atoms with van der Waals surface area (Å²) in [5.74, 6) is 0.252. The molecule has 0 aliphatic heterocycles. The smallest absolute Gasteiger partial charge is 0.147 e. The number of hydrogen-bond acceptors (Lipinski definition) is 2. The molecule has 20 heavy (non-hydrogen) atoms. The van der Waals surface area contributed by atoms with Crippen molar-refractivity contribution < 1.29 is 4.79 Å². The van der Waals surface area contributed by atoms with Gasteiger partial charge in [0.25, 0.3) is 0 Å². The number of ketones is 1. The van der Waals surface area contributed by atoms with Crippen molar-refractivity contribution in [2.24, 2.45) is 7.05 Å². The molecule has 0 amide bonds. The average Bonchev–Trinajstić information content (AvgIpc) is 3.22. The number of rotatable bonds is 4. The first kappa shape index (κ1) is 13.4. The van der Waals surface area contributed by atoms with E-state index in [0.29, 0.717) is 11.6 Å². The summed E-state index contributed by atoms with van der Waals surface area (Å²) in [6, 6.07) is 10.0. The lowest BCUT2D eigenvalue weighted by atomic mass is 9.88. The van der Waals surface area contributed by atoms with Gasteiger partial charge in [0.05, 0.1) is 11.1 Å². The van der Waals surface area contributed by atoms with Gasteiger partial charge in [0.1, 0.15) is 10.9 Å². The van der Waals surface area contributed by atoms with Crippen molar-refractivity contribution >= 4 is 17.4 Å². The summed E-state index contributed by atoms with van der Waals surface area (Å²) < 4.78 is 1.63. The van der Waals surface area contributed by atoms with E-state index in [2.05, 4.69) is 5.10 Å². The third-order valence-electron chi connectivity index (χ3n) is 4.22. The van der Waals surface area contributed by atoms with Crippen LogP contribution in [0.25, 0.3) is 0 Å². The molecule has 1 aromatic heterocycles. The number of halogens is 1. The number of nitrogens with zero attached hydrogens (tertiary/aromatic N) is 2. The maximum Gasteiger partial charge on any atom is 0.147 e. The maximum atomic E-state index is 12.7. The van der Waals surface area contributed by atoms with Gasteiger partial charge in [-0.2, -0.15) is 5.10 Å². The molecule has 1 fully saturated rings. The van der Waals surface area contributed by atoms with Gasteiger partial charge in [-0.25, -0.2) is 0 Å². The number of aromatic nitrogens is 2. The largest absolute Gasteiger partial charge is 0.298 e. The van der Waals surface area contributed by atoms with Crippen molar-refractivity contribution in [1.82, 2.24) is 9.78 Å². The van der Waals surface area contributed by atoms with Gasteiger partial charge in [0.15, 0.2) is 0 Å². The van der Waals surface area contributed by atoms with E-state index in [1.807, 2.05) is 37.3 Å². The van der Waals surface area contributed by atoms with Gasteiger partial charge in [-0.05, 0) is 25.3 Å². The van der Waals surface area contributed by atoms with E-state index in [4.69, 9.17) is 11.6 Å². The summed E-state index contributed by atoms with van der Waals surface area (Å²) in [4.78, 5) is 12.7. The second kappa shape index (κ2) is 4.74. The van der Waals surface area contributed by atoms with Crippen LogP contribution in [0.2, 0.25) is 5.15 Å². The minimum Gasteiger partial charge on any atom is -0.298 e. The van der Waals surface area contributed by atoms with Crippen LogP contribution in [-0.2, 0) is 23.7 Å². The monoisotopic (exact) mass is 288 g/mol. The topological polar surface area (TPSA) is 34.9 Å². The van der Waals surface area contributed by atoms with Crippen molar-refractivity contribution in [3.8, 4) is 0 Å². The van der Waals surface area contributed by atoms with E-state index in [1.165, 1.54) is 0 Å². The molecule has 0 radical (unpaired) electrons. The van der Waals surface area contributed by atoms with Crippen LogP contribution in [0, 0.1) is 6.92 Å². The van der Waals surface area contributed by atoms with Gasteiger partial charge in [0.2, 0.25) is 0 Å². The molecular formula is C16H17ClN2O. The summed E-state index contributed by atoms with van der Waals surface area (Å²) in [6.07, 6.45) is 2.24. The third-order valence-corrected chi connectivity index (χ3v) is 4.69. The molecule has 1 heterocycles. The number of benzene rings is 1. The second-order valence-electron chi connectivity index (χ2n) is 5.53. The number of carbonyl (C=O) groups is 1. The van der Waals surface area contributed by atoms with Crippen molar-refractivity contribution in [2.75, 3.05) is 0 Å². The van der Waals surface area contributed by atoms with Gasteiger partial charge in [0, 0.05) is 19.0 Å². The Morgan fingerprint density at radius 2 is 2.00 bits per heavy atom. The molecular weight excluding hydrogens is 272 g/mol. The highest BCUT2D eigenvalue weighted by Gasteiger charge is 2.50. The lowest BCUT2D eigenvalue weighted by molar-refractivity contribution is -0.120. The molecule has 104 valence electrons. The molecule has 0 spiro atoms. The highest BCUT2D eigenvalue weighted by Crippen LogP contribution is 2.49. The minimum absolute atomic E-state index is 0.252. The van der Waals surface area contributed by atoms with E-state index >= 15 is 0 Å². The molecule has 0 atom stereocenters. The van der Waals surface area contributed by atoms with Crippen LogP contribution in [0.15, 0.2) is 30.3 Å². The number of aryl methyl sites for hydroxylation is 2. The summed E-state index contributed by atoms with van der Waals surface area (Å²) >= 11 is 6.22. The van der Waals surface area contributed by atoms with Gasteiger partial charge in [-0.3, -0.25) is 9.48 Å². The molecule has 4 heteroatoms. The first-order valence-corrected chi connectivity index (χ1v) is 7.19. The first-order chi connectivity index (χ1) is 9.54. The van der Waals surface area contributed by atoms with Crippen molar-refractivity contribution in [1.29, 1.82) is 0 Å². The Hall–Kier alpha value is -1.61. The van der Waals surface area contributed by atoms with E-state index in [9.17, 15) is 4.79 Å². The summed E-state index contributed by atoms with van der Waals surface area (Å²) in [5, 5.41) is 4.84. The standard InChI is InChI=1S/C16H17ClN2O/c1-11-13(15(17)19(2)18-11)10-14(20)16(8-9-16)12-6-4-3-5-7-12/h3-7H,8-10H2,1-2H3. The second-order valence-corrected chi connectivity index (χ2v) is 5.88. The summed E-state index contributed by atoms with van der Waals surface area (Å²) in [5.41, 5.74) is 2.55. The Kier molecular flexibility index (Phi) is 3.17. The Morgan fingerprint density at radius 3 is 2.50 bits per heavy atom. The predicted octanol–water partition coefficient (Wildman–Crippen LogP) is 3.23. The van der Waals surface area contributed by atoms with Gasteiger partial charge < -0.3 is 0 Å². The molecule has 3 nitrogen and oxygen atoms in total. The normalized spacial score (nSPS) is 16.1. The lowest BCUT2D eigenvalue weighted by Crippen LogP contribution is -2.22. The molecule has 0 saturated heterocycles. The summed E-state index contributed by atoms with van der Waals surface area (Å²) in [7, 11) is 1.80. The van der Waals surface area contributed by atoms with Crippen molar-refractivity contribution in [3.05, 3.63) is 52.3 Å². The Labute approximate surface area is 123 Å². The Morgan fingerprint density at radius 1 is 1.35 bits per heavy atom. The van der Waals surface area contributed by atoms with Crippen LogP contribution in [0.1, 0.15) is 29.7 Å². The fraction of sp³-hybridized carbons (Fsp3) is 0.375. The van der Waals surface area contributed by atoms with E-state index in [1.54, 1.807) is 11.7 Å². The molecule has 1 saturated carbocycles. The Balaban J connectivity index is 1.87. The predicted molar refractivity (Wildman–Crippen MR) is 79.0 cm³/mol. The third kappa shape index (κ3) is 2.06. The minimum atomic E-state index is -0.285. The lowest BCUT2D eigenvalue weighted by Gasteiger charge is -2.14. The van der Waals surface area contributed by atoms with Crippen LogP contribution in [0.5, 0.6) is 0 Å². The zero-order valence-electron chi connectivity index (χ0n) is 11.7. The SMILES string of the molecule is Cc1nn(C)c(Cl)c1CC(=O)C1(c2ccccc2)CC1. The van der Waals surface area contributed by atoms with E-state index < -0.39 is 0 Å². The van der Waals surface area contributed by atoms with Gasteiger partial charge >= 0.3 is 0 Å². The molecule has 3 rings (SSSR count). The molecule has 0 N–H and O–H groups in total. The molecule has 2 aromatic rings. The average molecular weight is 289 g/mol. The van der Waals surface area contributed by atoms with Crippen LogP contribution in [-0.4, -0.2) is 15.6 Å². The summed E-state index contributed by atoms with van der Waals surface area (Å²) in [6.45, 7) is 1.90. The van der Waals surface area contributed by atoms with Crippen LogP contribution in [0.3, 0.4) is 0 Å². The van der Waals surface area contributed by atoms with Crippen LogP contribution < -0.4 is 0 Å².